The summed E-state index contributed by atoms with van der Waals surface area (Å²) in [6.07, 6.45) is 2.07. The third kappa shape index (κ3) is 3.90. The molecule has 2 aliphatic rings. The molecule has 1 aliphatic carbocycles. The molecular formula is C25H26N2O4. The summed E-state index contributed by atoms with van der Waals surface area (Å²) in [6.45, 7) is 6.12. The van der Waals surface area contributed by atoms with Gasteiger partial charge in [0.15, 0.2) is 5.78 Å². The Kier molecular flexibility index (Phi) is 5.25. The number of non-ortho nitro benzene ring substituents is 1. The number of nitro benzene ring substituents is 1. The van der Waals surface area contributed by atoms with Crippen molar-refractivity contribution < 1.29 is 14.5 Å². The fourth-order valence-electron chi connectivity index (χ4n) is 4.73. The summed E-state index contributed by atoms with van der Waals surface area (Å²) in [5.74, 6) is -0.375. The van der Waals surface area contributed by atoms with E-state index in [9.17, 15) is 19.7 Å². The molecule has 0 N–H and O–H groups in total. The molecule has 0 radical (unpaired) electrons. The maximum absolute atomic E-state index is 13.4. The van der Waals surface area contributed by atoms with Crippen LogP contribution in [0.3, 0.4) is 0 Å². The van der Waals surface area contributed by atoms with Crippen LogP contribution in [0.2, 0.25) is 0 Å². The van der Waals surface area contributed by atoms with Crippen molar-refractivity contribution in [3.63, 3.8) is 0 Å². The van der Waals surface area contributed by atoms with Crippen molar-refractivity contribution in [3.05, 3.63) is 81.0 Å². The maximum atomic E-state index is 13.4. The molecule has 31 heavy (non-hydrogen) atoms. The summed E-state index contributed by atoms with van der Waals surface area (Å²) >= 11 is 0. The van der Waals surface area contributed by atoms with Gasteiger partial charge in [0.2, 0.25) is 5.91 Å². The zero-order valence-electron chi connectivity index (χ0n) is 18.1. The lowest BCUT2D eigenvalue weighted by Gasteiger charge is -2.42. The summed E-state index contributed by atoms with van der Waals surface area (Å²) in [4.78, 5) is 39.0. The molecule has 6 heteroatoms. The minimum atomic E-state index is -0.471. The van der Waals surface area contributed by atoms with Gasteiger partial charge in [0.05, 0.1) is 10.6 Å². The van der Waals surface area contributed by atoms with Crippen LogP contribution < -0.4 is 4.90 Å². The fourth-order valence-corrected chi connectivity index (χ4v) is 4.73. The first-order valence-electron chi connectivity index (χ1n) is 10.6. The van der Waals surface area contributed by atoms with E-state index in [1.807, 2.05) is 38.1 Å². The molecular weight excluding hydrogens is 392 g/mol. The number of nitrogens with zero attached hydrogens (tertiary/aromatic N) is 2. The predicted molar refractivity (Wildman–Crippen MR) is 119 cm³/mol. The first-order valence-corrected chi connectivity index (χ1v) is 10.6. The number of ketones is 1. The van der Waals surface area contributed by atoms with Crippen LogP contribution in [0.15, 0.2) is 59.8 Å². The summed E-state index contributed by atoms with van der Waals surface area (Å²) in [7, 11) is 0. The normalized spacial score (nSPS) is 20.6. The van der Waals surface area contributed by atoms with Gasteiger partial charge in [0.25, 0.3) is 5.69 Å². The lowest BCUT2D eigenvalue weighted by Crippen LogP contribution is -2.43. The van der Waals surface area contributed by atoms with Crippen molar-refractivity contribution in [1.82, 2.24) is 0 Å². The highest BCUT2D eigenvalue weighted by molar-refractivity contribution is 6.07. The maximum Gasteiger partial charge on any atom is 0.271 e. The predicted octanol–water partition coefficient (Wildman–Crippen LogP) is 5.32. The monoisotopic (exact) mass is 418 g/mol. The number of carbonyl (C=O) groups excluding carboxylic acids is 2. The number of carbonyl (C=O) groups is 2. The zero-order chi connectivity index (χ0) is 22.3. The minimum Gasteiger partial charge on any atom is -0.294 e. The van der Waals surface area contributed by atoms with Crippen LogP contribution >= 0.6 is 0 Å². The first kappa shape index (κ1) is 21.0. The van der Waals surface area contributed by atoms with E-state index in [1.54, 1.807) is 12.1 Å². The van der Waals surface area contributed by atoms with Crippen molar-refractivity contribution in [2.45, 2.75) is 52.4 Å². The molecule has 2 aromatic carbocycles. The number of nitro groups is 1. The highest BCUT2D eigenvalue weighted by atomic mass is 16.6. The molecule has 160 valence electrons. The number of benzene rings is 2. The van der Waals surface area contributed by atoms with E-state index >= 15 is 0 Å². The van der Waals surface area contributed by atoms with Gasteiger partial charge in [-0.25, -0.2) is 0 Å². The van der Waals surface area contributed by atoms with Gasteiger partial charge in [-0.1, -0.05) is 51.1 Å². The largest absolute Gasteiger partial charge is 0.294 e. The van der Waals surface area contributed by atoms with Crippen LogP contribution in [0.1, 0.15) is 57.1 Å². The van der Waals surface area contributed by atoms with Gasteiger partial charge in [-0.2, -0.15) is 0 Å². The molecule has 1 aliphatic heterocycles. The number of rotatable bonds is 4. The number of hydrogen-bond donors (Lipinski definition) is 0. The second-order valence-electron chi connectivity index (χ2n) is 9.16. The molecule has 0 aromatic heterocycles. The second-order valence-corrected chi connectivity index (χ2v) is 9.16. The topological polar surface area (TPSA) is 80.5 Å². The van der Waals surface area contributed by atoms with Crippen LogP contribution in [0.25, 0.3) is 0 Å². The number of Topliss-reactive ketones (excluding diaryl/α,β-unsaturated/α-hetero) is 1. The third-order valence-corrected chi connectivity index (χ3v) is 6.23. The quantitative estimate of drug-likeness (QED) is 0.497. The molecule has 1 atom stereocenters. The number of amides is 1. The van der Waals surface area contributed by atoms with Crippen molar-refractivity contribution in [3.8, 4) is 0 Å². The van der Waals surface area contributed by atoms with Crippen molar-refractivity contribution in [2.75, 3.05) is 4.90 Å². The van der Waals surface area contributed by atoms with E-state index in [-0.39, 0.29) is 35.1 Å². The van der Waals surface area contributed by atoms with E-state index in [2.05, 4.69) is 6.92 Å². The van der Waals surface area contributed by atoms with Crippen LogP contribution in [0.4, 0.5) is 11.4 Å². The van der Waals surface area contributed by atoms with Gasteiger partial charge in [0, 0.05) is 42.2 Å². The van der Waals surface area contributed by atoms with E-state index < -0.39 is 4.92 Å². The van der Waals surface area contributed by atoms with Crippen LogP contribution in [0, 0.1) is 15.5 Å². The molecule has 6 nitrogen and oxygen atoms in total. The van der Waals surface area contributed by atoms with Crippen molar-refractivity contribution in [1.29, 1.82) is 0 Å². The molecule has 0 saturated carbocycles. The molecule has 2 aromatic rings. The molecule has 4 rings (SSSR count). The van der Waals surface area contributed by atoms with Gasteiger partial charge in [0.1, 0.15) is 0 Å². The van der Waals surface area contributed by atoms with Gasteiger partial charge in [-0.3, -0.25) is 24.6 Å². The number of allylic oxidation sites excluding steroid dienone is 2. The van der Waals surface area contributed by atoms with Crippen molar-refractivity contribution in [2.24, 2.45) is 5.41 Å². The smallest absolute Gasteiger partial charge is 0.271 e. The molecule has 1 unspecified atom stereocenters. The third-order valence-electron chi connectivity index (χ3n) is 6.23. The van der Waals surface area contributed by atoms with Gasteiger partial charge >= 0.3 is 0 Å². The molecule has 0 bridgehead atoms. The summed E-state index contributed by atoms with van der Waals surface area (Å²) in [5, 5.41) is 11.3. The Morgan fingerprint density at radius 3 is 2.45 bits per heavy atom. The molecule has 0 fully saturated rings. The standard InChI is InChI=1S/C25H26N2O4/c1-4-16-8-10-17(11-9-16)20-13-23(29)26(18-6-5-7-19(12-18)27(30)31)21-14-25(2,3)15-22(28)24(20)21/h5-12,20H,4,13-15H2,1-3H3. The molecule has 0 spiro atoms. The Balaban J connectivity index is 1.87. The van der Waals surface area contributed by atoms with Crippen molar-refractivity contribution >= 4 is 23.1 Å². The Morgan fingerprint density at radius 1 is 1.10 bits per heavy atom. The van der Waals surface area contributed by atoms with Crippen LogP contribution in [0.5, 0.6) is 0 Å². The number of hydrogen-bond acceptors (Lipinski definition) is 4. The van der Waals surface area contributed by atoms with Gasteiger partial charge < -0.3 is 0 Å². The lowest BCUT2D eigenvalue weighted by molar-refractivity contribution is -0.384. The zero-order valence-corrected chi connectivity index (χ0v) is 18.1. The molecule has 1 amide bonds. The van der Waals surface area contributed by atoms with Crippen LogP contribution in [-0.4, -0.2) is 16.6 Å². The Hall–Kier alpha value is -3.28. The molecule has 0 saturated heterocycles. The minimum absolute atomic E-state index is 0.0544. The highest BCUT2D eigenvalue weighted by Gasteiger charge is 2.44. The van der Waals surface area contributed by atoms with E-state index in [0.29, 0.717) is 29.8 Å². The van der Waals surface area contributed by atoms with Gasteiger partial charge in [-0.15, -0.1) is 0 Å². The highest BCUT2D eigenvalue weighted by Crippen LogP contribution is 2.48. The average molecular weight is 418 g/mol. The van der Waals surface area contributed by atoms with E-state index in [0.717, 1.165) is 12.0 Å². The van der Waals surface area contributed by atoms with E-state index in [1.165, 1.54) is 22.6 Å². The van der Waals surface area contributed by atoms with Crippen LogP contribution in [-0.2, 0) is 16.0 Å². The summed E-state index contributed by atoms with van der Waals surface area (Å²) in [5.41, 5.74) is 3.60. The molecule has 1 heterocycles. The Bertz CT molecular complexity index is 1100. The fraction of sp³-hybridized carbons (Fsp3) is 0.360. The Labute approximate surface area is 181 Å². The second kappa shape index (κ2) is 7.76. The number of anilines is 1. The van der Waals surface area contributed by atoms with E-state index in [4.69, 9.17) is 0 Å². The summed E-state index contributed by atoms with van der Waals surface area (Å²) in [6, 6.07) is 14.2. The Morgan fingerprint density at radius 2 is 1.81 bits per heavy atom. The lowest BCUT2D eigenvalue weighted by atomic mass is 9.69. The average Bonchev–Trinajstić information content (AvgIpc) is 2.72. The SMILES string of the molecule is CCc1ccc(C2CC(=O)N(c3cccc([N+](=O)[O-])c3)C3=C2C(=O)CC(C)(C)C3)cc1. The number of aryl methyl sites for hydroxylation is 1. The summed E-state index contributed by atoms with van der Waals surface area (Å²) < 4.78 is 0. The first-order chi connectivity index (χ1) is 14.7. The van der Waals surface area contributed by atoms with Gasteiger partial charge in [-0.05, 0) is 35.4 Å².